The number of hydrogen-bond donors (Lipinski definition) is 1. The molecule has 3 heterocycles. The number of benzene rings is 1. The highest BCUT2D eigenvalue weighted by Gasteiger charge is 2.51. The summed E-state index contributed by atoms with van der Waals surface area (Å²) in [6, 6.07) is 10.4. The lowest BCUT2D eigenvalue weighted by Gasteiger charge is -2.31. The zero-order chi connectivity index (χ0) is 19.0. The number of carbonyl (C=O) groups excluding carboxylic acids is 2. The quantitative estimate of drug-likeness (QED) is 0.772. The molecule has 1 fully saturated rings. The first-order valence-corrected chi connectivity index (χ1v) is 9.91. The summed E-state index contributed by atoms with van der Waals surface area (Å²) >= 11 is 7.06. The van der Waals surface area contributed by atoms with Crippen molar-refractivity contribution in [1.29, 1.82) is 0 Å². The lowest BCUT2D eigenvalue weighted by atomic mass is 9.89. The number of carbonyl (C=O) groups is 2. The lowest BCUT2D eigenvalue weighted by molar-refractivity contribution is -0.136. The van der Waals surface area contributed by atoms with Crippen LogP contribution in [0.5, 0.6) is 0 Å². The van der Waals surface area contributed by atoms with E-state index in [0.717, 1.165) is 24.4 Å². The number of ether oxygens (including phenoxy) is 1. The Kier molecular flexibility index (Phi) is 5.05. The van der Waals surface area contributed by atoms with Gasteiger partial charge in [0, 0.05) is 18.7 Å². The van der Waals surface area contributed by atoms with E-state index in [1.807, 2.05) is 6.07 Å². The van der Waals surface area contributed by atoms with Gasteiger partial charge in [-0.15, -0.1) is 11.3 Å². The van der Waals surface area contributed by atoms with E-state index >= 15 is 0 Å². The van der Waals surface area contributed by atoms with E-state index in [1.165, 1.54) is 0 Å². The fraction of sp³-hybridized carbons (Fsp3) is 0.368. The van der Waals surface area contributed by atoms with Crippen LogP contribution in [-0.4, -0.2) is 54.7 Å². The molecule has 2 aliphatic heterocycles. The predicted octanol–water partition coefficient (Wildman–Crippen LogP) is 2.50. The number of amides is 1. The van der Waals surface area contributed by atoms with Crippen LogP contribution in [0.3, 0.4) is 0 Å². The molecule has 142 valence electrons. The average molecular weight is 407 g/mol. The number of aliphatic hydroxyl groups is 1. The van der Waals surface area contributed by atoms with Gasteiger partial charge in [0.05, 0.1) is 41.2 Å². The molecule has 0 radical (unpaired) electrons. The lowest BCUT2D eigenvalue weighted by Crippen LogP contribution is -2.49. The highest BCUT2D eigenvalue weighted by molar-refractivity contribution is 7.18. The van der Waals surface area contributed by atoms with Gasteiger partial charge >= 0.3 is 0 Å². The zero-order valence-electron chi connectivity index (χ0n) is 14.6. The number of fused-ring (bicyclic) bond motifs is 1. The molecule has 1 saturated heterocycles. The number of para-hydroxylation sites is 1. The van der Waals surface area contributed by atoms with Gasteiger partial charge in [-0.1, -0.05) is 29.8 Å². The fourth-order valence-electron chi connectivity index (χ4n) is 3.54. The number of anilines is 1. The summed E-state index contributed by atoms with van der Waals surface area (Å²) in [6.45, 7) is 3.03. The van der Waals surface area contributed by atoms with Crippen molar-refractivity contribution in [3.05, 3.63) is 51.2 Å². The maximum absolute atomic E-state index is 13.2. The Morgan fingerprint density at radius 2 is 1.96 bits per heavy atom. The first kappa shape index (κ1) is 18.6. The topological polar surface area (TPSA) is 70.1 Å². The zero-order valence-corrected chi connectivity index (χ0v) is 16.1. The largest absolute Gasteiger partial charge is 0.379 e. The third-order valence-corrected chi connectivity index (χ3v) is 6.22. The summed E-state index contributed by atoms with van der Waals surface area (Å²) in [5.41, 5.74) is -0.746. The molecule has 6 nitrogen and oxygen atoms in total. The predicted molar refractivity (Wildman–Crippen MR) is 103 cm³/mol. The normalized spacial score (nSPS) is 22.9. The molecule has 0 spiro atoms. The van der Waals surface area contributed by atoms with Crippen molar-refractivity contribution < 1.29 is 19.4 Å². The van der Waals surface area contributed by atoms with Gasteiger partial charge in [-0.2, -0.15) is 0 Å². The Labute approximate surface area is 165 Å². The van der Waals surface area contributed by atoms with Crippen LogP contribution >= 0.6 is 22.9 Å². The van der Waals surface area contributed by atoms with E-state index in [-0.39, 0.29) is 12.2 Å². The molecule has 1 amide bonds. The van der Waals surface area contributed by atoms with Crippen LogP contribution in [0.25, 0.3) is 0 Å². The summed E-state index contributed by atoms with van der Waals surface area (Å²) in [7, 11) is 0. The molecule has 0 saturated carbocycles. The fourth-order valence-corrected chi connectivity index (χ4v) is 4.52. The van der Waals surface area contributed by atoms with E-state index < -0.39 is 11.5 Å². The molecule has 2 aliphatic rings. The van der Waals surface area contributed by atoms with Gasteiger partial charge in [-0.25, -0.2) is 0 Å². The van der Waals surface area contributed by atoms with Gasteiger partial charge in [-0.05, 0) is 18.2 Å². The van der Waals surface area contributed by atoms with E-state index in [0.29, 0.717) is 40.3 Å². The molecule has 27 heavy (non-hydrogen) atoms. The maximum Gasteiger partial charge on any atom is 0.265 e. The molecule has 1 atom stereocenters. The van der Waals surface area contributed by atoms with Gasteiger partial charge in [-0.3, -0.25) is 19.4 Å². The van der Waals surface area contributed by atoms with Crippen LogP contribution in [0.4, 0.5) is 5.69 Å². The van der Waals surface area contributed by atoms with Gasteiger partial charge in [0.25, 0.3) is 5.91 Å². The molecule has 1 aromatic heterocycles. The van der Waals surface area contributed by atoms with Crippen LogP contribution in [0.1, 0.15) is 21.7 Å². The highest BCUT2D eigenvalue weighted by Crippen LogP contribution is 2.43. The number of rotatable bonds is 5. The molecule has 4 rings (SSSR count). The molecule has 0 aliphatic carbocycles. The molecule has 0 bridgehead atoms. The van der Waals surface area contributed by atoms with Crippen molar-refractivity contribution in [2.45, 2.75) is 12.0 Å². The van der Waals surface area contributed by atoms with Gasteiger partial charge < -0.3 is 9.84 Å². The van der Waals surface area contributed by atoms with Crippen molar-refractivity contribution in [3.63, 3.8) is 0 Å². The van der Waals surface area contributed by atoms with Crippen molar-refractivity contribution in [2.75, 3.05) is 37.9 Å². The van der Waals surface area contributed by atoms with E-state index in [9.17, 15) is 14.7 Å². The van der Waals surface area contributed by atoms with Crippen molar-refractivity contribution in [2.24, 2.45) is 0 Å². The average Bonchev–Trinajstić information content (AvgIpc) is 3.20. The molecule has 2 aromatic rings. The third kappa shape index (κ3) is 3.41. The molecule has 1 N–H and O–H groups in total. The highest BCUT2D eigenvalue weighted by atomic mass is 35.5. The van der Waals surface area contributed by atoms with Crippen LogP contribution in [-0.2, 0) is 15.1 Å². The molecule has 0 unspecified atom stereocenters. The number of hydrogen-bond acceptors (Lipinski definition) is 6. The van der Waals surface area contributed by atoms with Crippen LogP contribution in [0, 0.1) is 0 Å². The summed E-state index contributed by atoms with van der Waals surface area (Å²) in [5.74, 6) is -0.767. The van der Waals surface area contributed by atoms with Crippen molar-refractivity contribution in [1.82, 2.24) is 4.90 Å². The Balaban J connectivity index is 1.62. The number of halogens is 1. The van der Waals surface area contributed by atoms with E-state index in [4.69, 9.17) is 16.3 Å². The Morgan fingerprint density at radius 1 is 1.22 bits per heavy atom. The van der Waals surface area contributed by atoms with Gasteiger partial charge in [0.2, 0.25) is 0 Å². The standard InChI is InChI=1S/C19H19ClN2O4S/c20-17-6-5-16(27-17)15(23)11-19(25)13-3-1-2-4-14(13)22(18(19)24)12-21-7-9-26-10-8-21/h1-6,25H,7-12H2/t19-/m0/s1. The number of nitrogens with zero attached hydrogens (tertiary/aromatic N) is 2. The Hall–Kier alpha value is -1.77. The second kappa shape index (κ2) is 7.33. The maximum atomic E-state index is 13.2. The second-order valence-corrected chi connectivity index (χ2v) is 8.40. The molecule has 1 aromatic carbocycles. The summed E-state index contributed by atoms with van der Waals surface area (Å²) in [5, 5.41) is 11.3. The number of ketones is 1. The third-order valence-electron chi connectivity index (χ3n) is 4.95. The molecule has 8 heteroatoms. The van der Waals surface area contributed by atoms with Crippen molar-refractivity contribution >= 4 is 40.3 Å². The smallest absolute Gasteiger partial charge is 0.265 e. The number of Topliss-reactive ketones (excluding diaryl/α,β-unsaturated/α-hetero) is 1. The SMILES string of the molecule is O=C(C[C@@]1(O)C(=O)N(CN2CCOCC2)c2ccccc21)c1ccc(Cl)s1. The van der Waals surface area contributed by atoms with Gasteiger partial charge in [0.15, 0.2) is 11.4 Å². The van der Waals surface area contributed by atoms with Crippen LogP contribution in [0.15, 0.2) is 36.4 Å². The first-order chi connectivity index (χ1) is 13.0. The minimum atomic E-state index is -1.86. The van der Waals surface area contributed by atoms with E-state index in [2.05, 4.69) is 4.90 Å². The summed E-state index contributed by atoms with van der Waals surface area (Å²) in [6.07, 6.45) is -0.306. The van der Waals surface area contributed by atoms with Crippen molar-refractivity contribution in [3.8, 4) is 0 Å². The Morgan fingerprint density at radius 3 is 2.67 bits per heavy atom. The minimum absolute atomic E-state index is 0.300. The van der Waals surface area contributed by atoms with Crippen LogP contribution in [0.2, 0.25) is 4.34 Å². The van der Waals surface area contributed by atoms with Crippen LogP contribution < -0.4 is 4.90 Å². The second-order valence-electron chi connectivity index (χ2n) is 6.69. The minimum Gasteiger partial charge on any atom is -0.379 e. The summed E-state index contributed by atoms with van der Waals surface area (Å²) < 4.78 is 5.85. The number of morpholine rings is 1. The first-order valence-electron chi connectivity index (χ1n) is 8.71. The molecular formula is C19H19ClN2O4S. The molecular weight excluding hydrogens is 388 g/mol. The van der Waals surface area contributed by atoms with E-state index in [1.54, 1.807) is 35.2 Å². The monoisotopic (exact) mass is 406 g/mol. The Bertz CT molecular complexity index is 880. The number of thiophene rings is 1. The van der Waals surface area contributed by atoms with Gasteiger partial charge in [0.1, 0.15) is 0 Å². The summed E-state index contributed by atoms with van der Waals surface area (Å²) in [4.78, 5) is 29.9.